The van der Waals surface area contributed by atoms with E-state index < -0.39 is 0 Å². The fourth-order valence-corrected chi connectivity index (χ4v) is 4.13. The topological polar surface area (TPSA) is 41.6 Å². The van der Waals surface area contributed by atoms with Crippen LogP contribution in [0.2, 0.25) is 0 Å². The summed E-state index contributed by atoms with van der Waals surface area (Å²) >= 11 is 1.81. The molecule has 0 amide bonds. The lowest BCUT2D eigenvalue weighted by Crippen LogP contribution is -2.50. The molecule has 2 N–H and O–H groups in total. The highest BCUT2D eigenvalue weighted by atomic mass is 32.1. The molecule has 3 rings (SSSR count). The van der Waals surface area contributed by atoms with Crippen LogP contribution in [0.5, 0.6) is 0 Å². The molecule has 1 spiro atoms. The molecule has 2 atom stereocenters. The van der Waals surface area contributed by atoms with Crippen molar-refractivity contribution in [1.29, 1.82) is 0 Å². The molecule has 4 heteroatoms. The van der Waals surface area contributed by atoms with E-state index >= 15 is 0 Å². The highest BCUT2D eigenvalue weighted by Gasteiger charge is 2.42. The predicted octanol–water partition coefficient (Wildman–Crippen LogP) is 3.22. The van der Waals surface area contributed by atoms with E-state index in [0.29, 0.717) is 0 Å². The van der Waals surface area contributed by atoms with Crippen LogP contribution in [0.1, 0.15) is 43.9 Å². The molecule has 1 aromatic heterocycles. The van der Waals surface area contributed by atoms with Crippen LogP contribution < -0.4 is 5.73 Å². The van der Waals surface area contributed by atoms with Crippen LogP contribution in [0.4, 0.5) is 0 Å². The minimum Gasteiger partial charge on any atom is -0.370 e. The maximum Gasteiger partial charge on any atom is 0.192 e. The van der Waals surface area contributed by atoms with E-state index in [2.05, 4.69) is 34.3 Å². The first-order valence-electron chi connectivity index (χ1n) is 7.30. The number of guanidine groups is 1. The lowest BCUT2D eigenvalue weighted by atomic mass is 9.88. The summed E-state index contributed by atoms with van der Waals surface area (Å²) in [6.07, 6.45) is 6.46. The predicted molar refractivity (Wildman–Crippen MR) is 81.3 cm³/mol. The van der Waals surface area contributed by atoms with Gasteiger partial charge >= 0.3 is 0 Å². The maximum absolute atomic E-state index is 6.17. The zero-order valence-corrected chi connectivity index (χ0v) is 12.5. The molecule has 1 aliphatic heterocycles. The highest BCUT2D eigenvalue weighted by molar-refractivity contribution is 7.09. The lowest BCUT2D eigenvalue weighted by Gasteiger charge is -2.38. The Morgan fingerprint density at radius 1 is 1.47 bits per heavy atom. The molecule has 1 fully saturated rings. The van der Waals surface area contributed by atoms with E-state index in [-0.39, 0.29) is 5.54 Å². The van der Waals surface area contributed by atoms with E-state index in [1.54, 1.807) is 0 Å². The van der Waals surface area contributed by atoms with Crippen molar-refractivity contribution >= 4 is 17.3 Å². The van der Waals surface area contributed by atoms with Crippen molar-refractivity contribution < 1.29 is 0 Å². The zero-order valence-electron chi connectivity index (χ0n) is 11.6. The molecular formula is C15H23N3S. The van der Waals surface area contributed by atoms with E-state index in [0.717, 1.165) is 25.0 Å². The Morgan fingerprint density at radius 2 is 2.37 bits per heavy atom. The largest absolute Gasteiger partial charge is 0.370 e. The van der Waals surface area contributed by atoms with Gasteiger partial charge in [-0.1, -0.05) is 25.8 Å². The van der Waals surface area contributed by atoms with Crippen molar-refractivity contribution in [2.45, 2.75) is 51.1 Å². The number of hydrogen-bond acceptors (Lipinski definition) is 4. The first-order valence-corrected chi connectivity index (χ1v) is 8.17. The second kappa shape index (κ2) is 5.16. The van der Waals surface area contributed by atoms with Crippen LogP contribution >= 0.6 is 11.3 Å². The monoisotopic (exact) mass is 277 g/mol. The van der Waals surface area contributed by atoms with Crippen molar-refractivity contribution in [2.24, 2.45) is 16.6 Å². The van der Waals surface area contributed by atoms with Crippen molar-refractivity contribution in [3.05, 3.63) is 22.4 Å². The molecular weight excluding hydrogens is 254 g/mol. The third-order valence-electron chi connectivity index (χ3n) is 4.72. The second-order valence-electron chi connectivity index (χ2n) is 6.10. The number of nitrogens with zero attached hydrogens (tertiary/aromatic N) is 2. The number of rotatable bonds is 2. The summed E-state index contributed by atoms with van der Waals surface area (Å²) in [7, 11) is 0. The fraction of sp³-hybridized carbons (Fsp3) is 0.667. The number of aliphatic imine (C=N–C) groups is 1. The third-order valence-corrected chi connectivity index (χ3v) is 5.58. The van der Waals surface area contributed by atoms with Crippen LogP contribution in [0.3, 0.4) is 0 Å². The molecule has 1 aliphatic carbocycles. The van der Waals surface area contributed by atoms with Crippen LogP contribution in [0, 0.1) is 5.92 Å². The molecule has 0 saturated heterocycles. The summed E-state index contributed by atoms with van der Waals surface area (Å²) in [5.74, 6) is 1.60. The zero-order chi connectivity index (χ0) is 13.3. The van der Waals surface area contributed by atoms with Gasteiger partial charge in [-0.25, -0.2) is 0 Å². The van der Waals surface area contributed by atoms with Crippen LogP contribution in [0.15, 0.2) is 22.5 Å². The first-order chi connectivity index (χ1) is 9.20. The van der Waals surface area contributed by atoms with E-state index in [1.807, 2.05) is 11.3 Å². The molecule has 1 aromatic rings. The summed E-state index contributed by atoms with van der Waals surface area (Å²) in [6, 6.07) is 4.31. The van der Waals surface area contributed by atoms with E-state index in [4.69, 9.17) is 5.73 Å². The van der Waals surface area contributed by atoms with Gasteiger partial charge in [0.1, 0.15) is 0 Å². The molecule has 3 nitrogen and oxygen atoms in total. The van der Waals surface area contributed by atoms with Crippen molar-refractivity contribution in [3.8, 4) is 0 Å². The van der Waals surface area contributed by atoms with Crippen LogP contribution in [-0.2, 0) is 6.54 Å². The Hall–Kier alpha value is -1.03. The Bertz CT molecular complexity index is 454. The molecule has 0 radical (unpaired) electrons. The molecule has 2 unspecified atom stereocenters. The average molecular weight is 277 g/mol. The highest BCUT2D eigenvalue weighted by Crippen LogP contribution is 2.38. The third kappa shape index (κ3) is 2.50. The quantitative estimate of drug-likeness (QED) is 0.902. The molecule has 2 heterocycles. The fourth-order valence-electron chi connectivity index (χ4n) is 3.44. The van der Waals surface area contributed by atoms with Gasteiger partial charge < -0.3 is 10.6 Å². The van der Waals surface area contributed by atoms with Gasteiger partial charge in [0, 0.05) is 4.88 Å². The van der Waals surface area contributed by atoms with Gasteiger partial charge in [0.15, 0.2) is 5.96 Å². The molecule has 0 bridgehead atoms. The van der Waals surface area contributed by atoms with E-state index in [1.165, 1.54) is 37.0 Å². The van der Waals surface area contributed by atoms with Crippen LogP contribution in [-0.4, -0.2) is 22.9 Å². The number of thiophene rings is 1. The SMILES string of the molecule is CC1CCCC2(CC1)CN=C(N)N2Cc1cccs1. The van der Waals surface area contributed by atoms with Gasteiger partial charge in [-0.15, -0.1) is 11.3 Å². The van der Waals surface area contributed by atoms with Crippen LogP contribution in [0.25, 0.3) is 0 Å². The Balaban J connectivity index is 1.80. The Morgan fingerprint density at radius 3 is 3.16 bits per heavy atom. The Labute approximate surface area is 119 Å². The van der Waals surface area contributed by atoms with Gasteiger partial charge in [0.2, 0.25) is 0 Å². The number of hydrogen-bond donors (Lipinski definition) is 1. The minimum absolute atomic E-state index is 0.207. The van der Waals surface area contributed by atoms with E-state index in [9.17, 15) is 0 Å². The van der Waals surface area contributed by atoms with Gasteiger partial charge in [-0.2, -0.15) is 0 Å². The second-order valence-corrected chi connectivity index (χ2v) is 7.13. The number of nitrogens with two attached hydrogens (primary N) is 1. The smallest absolute Gasteiger partial charge is 0.192 e. The maximum atomic E-state index is 6.17. The van der Waals surface area contributed by atoms with Crippen molar-refractivity contribution in [3.63, 3.8) is 0 Å². The van der Waals surface area contributed by atoms with Gasteiger partial charge in [0.05, 0.1) is 18.6 Å². The minimum atomic E-state index is 0.207. The average Bonchev–Trinajstić information content (AvgIpc) is 2.95. The van der Waals surface area contributed by atoms with Gasteiger partial charge in [-0.05, 0) is 36.6 Å². The molecule has 1 saturated carbocycles. The summed E-state index contributed by atoms with van der Waals surface area (Å²) in [6.45, 7) is 4.21. The standard InChI is InChI=1S/C15H23N3S/c1-12-4-2-7-15(8-6-12)11-17-14(16)18(15)10-13-5-3-9-19-13/h3,5,9,12H,2,4,6-8,10-11H2,1H3,(H2,16,17). The van der Waals surface area contributed by atoms with Crippen molar-refractivity contribution in [2.75, 3.05) is 6.54 Å². The summed E-state index contributed by atoms with van der Waals surface area (Å²) in [5.41, 5.74) is 6.37. The first kappa shape index (κ1) is 13.0. The Kier molecular flexibility index (Phi) is 3.52. The summed E-state index contributed by atoms with van der Waals surface area (Å²) in [5, 5.41) is 2.14. The molecule has 0 aromatic carbocycles. The van der Waals surface area contributed by atoms with Gasteiger partial charge in [0.25, 0.3) is 0 Å². The normalized spacial score (nSPS) is 31.5. The molecule has 19 heavy (non-hydrogen) atoms. The van der Waals surface area contributed by atoms with Gasteiger partial charge in [-0.3, -0.25) is 4.99 Å². The molecule has 2 aliphatic rings. The molecule has 104 valence electrons. The summed E-state index contributed by atoms with van der Waals surface area (Å²) < 4.78 is 0. The lowest BCUT2D eigenvalue weighted by molar-refractivity contribution is 0.168. The summed E-state index contributed by atoms with van der Waals surface area (Å²) in [4.78, 5) is 8.34. The van der Waals surface area contributed by atoms with Crippen molar-refractivity contribution in [1.82, 2.24) is 4.90 Å².